The fourth-order valence-corrected chi connectivity index (χ4v) is 4.81. The molecule has 2 aromatic carbocycles. The lowest BCUT2D eigenvalue weighted by Crippen LogP contribution is -2.48. The molecule has 2 aliphatic rings. The molecule has 150 valence electrons. The molecule has 1 aromatic heterocycles. The summed E-state index contributed by atoms with van der Waals surface area (Å²) in [6.07, 6.45) is 6.83. The highest BCUT2D eigenvalue weighted by molar-refractivity contribution is 5.94. The van der Waals surface area contributed by atoms with E-state index in [0.29, 0.717) is 6.04 Å². The number of hydrogen-bond acceptors (Lipinski definition) is 3. The number of carbonyl (C=O) groups excluding carboxylic acids is 1. The van der Waals surface area contributed by atoms with Crippen LogP contribution in [0.2, 0.25) is 0 Å². The van der Waals surface area contributed by atoms with Crippen molar-refractivity contribution in [2.24, 2.45) is 0 Å². The highest BCUT2D eigenvalue weighted by Gasteiger charge is 2.29. The second-order valence-corrected chi connectivity index (χ2v) is 8.35. The van der Waals surface area contributed by atoms with Gasteiger partial charge in [-0.1, -0.05) is 24.3 Å². The van der Waals surface area contributed by atoms with Crippen molar-refractivity contribution >= 4 is 16.9 Å². The molecule has 3 aromatic rings. The highest BCUT2D eigenvalue weighted by atomic mass is 16.2. The van der Waals surface area contributed by atoms with Crippen molar-refractivity contribution in [2.75, 3.05) is 26.2 Å². The summed E-state index contributed by atoms with van der Waals surface area (Å²) in [6, 6.07) is 16.8. The lowest BCUT2D eigenvalue weighted by atomic mass is 10.0. The molecule has 2 saturated heterocycles. The Morgan fingerprint density at radius 1 is 0.966 bits per heavy atom. The van der Waals surface area contributed by atoms with E-state index in [4.69, 9.17) is 0 Å². The summed E-state index contributed by atoms with van der Waals surface area (Å²) in [4.78, 5) is 22.2. The quantitative estimate of drug-likeness (QED) is 0.683. The van der Waals surface area contributed by atoms with E-state index in [1.165, 1.54) is 37.9 Å². The first kappa shape index (κ1) is 18.4. The molecular weight excluding hydrogens is 360 g/mol. The number of rotatable bonds is 4. The van der Waals surface area contributed by atoms with Gasteiger partial charge in [0.05, 0.1) is 17.4 Å². The van der Waals surface area contributed by atoms with Gasteiger partial charge in [-0.05, 0) is 68.6 Å². The molecule has 3 heterocycles. The van der Waals surface area contributed by atoms with E-state index in [1.54, 1.807) is 0 Å². The van der Waals surface area contributed by atoms with Gasteiger partial charge in [0.1, 0.15) is 0 Å². The number of carbonyl (C=O) groups is 1. The first-order valence-corrected chi connectivity index (χ1v) is 10.8. The normalized spacial score (nSPS) is 20.4. The molecule has 0 saturated carbocycles. The Morgan fingerprint density at radius 3 is 2.59 bits per heavy atom. The van der Waals surface area contributed by atoms with Crippen LogP contribution < -0.4 is 0 Å². The van der Waals surface area contributed by atoms with Crippen molar-refractivity contribution in [1.29, 1.82) is 0 Å². The number of piperidine rings is 1. The van der Waals surface area contributed by atoms with E-state index >= 15 is 0 Å². The van der Waals surface area contributed by atoms with E-state index in [-0.39, 0.29) is 5.91 Å². The second kappa shape index (κ2) is 7.99. The monoisotopic (exact) mass is 388 g/mol. The standard InChI is InChI=1S/C24H28N4O/c29-24(27-15-5-6-21(17-27)26-13-3-4-14-26)20-11-9-19(10-12-20)16-28-18-25-22-7-1-2-8-23(22)28/h1-2,7-12,18,21H,3-6,13-17H2. The summed E-state index contributed by atoms with van der Waals surface area (Å²) in [5.74, 6) is 0.175. The van der Waals surface area contributed by atoms with Crippen LogP contribution >= 0.6 is 0 Å². The fourth-order valence-electron chi connectivity index (χ4n) is 4.81. The van der Waals surface area contributed by atoms with Gasteiger partial charge < -0.3 is 9.47 Å². The molecule has 1 amide bonds. The van der Waals surface area contributed by atoms with E-state index in [9.17, 15) is 4.79 Å². The maximum absolute atomic E-state index is 13.1. The smallest absolute Gasteiger partial charge is 0.253 e. The summed E-state index contributed by atoms with van der Waals surface area (Å²) in [7, 11) is 0. The Morgan fingerprint density at radius 2 is 1.76 bits per heavy atom. The lowest BCUT2D eigenvalue weighted by Gasteiger charge is -2.37. The number of hydrogen-bond donors (Lipinski definition) is 0. The van der Waals surface area contributed by atoms with Gasteiger partial charge in [0.2, 0.25) is 0 Å². The lowest BCUT2D eigenvalue weighted by molar-refractivity contribution is 0.0608. The van der Waals surface area contributed by atoms with Gasteiger partial charge in [-0.2, -0.15) is 0 Å². The first-order valence-electron chi connectivity index (χ1n) is 10.8. The van der Waals surface area contributed by atoms with Crippen molar-refractivity contribution in [1.82, 2.24) is 19.4 Å². The average molecular weight is 389 g/mol. The van der Waals surface area contributed by atoms with Crippen molar-refractivity contribution in [2.45, 2.75) is 38.3 Å². The molecule has 0 radical (unpaired) electrons. The van der Waals surface area contributed by atoms with Gasteiger partial charge in [0.25, 0.3) is 5.91 Å². The topological polar surface area (TPSA) is 41.4 Å². The zero-order chi connectivity index (χ0) is 19.6. The molecule has 2 aliphatic heterocycles. The minimum Gasteiger partial charge on any atom is -0.337 e. The maximum atomic E-state index is 13.1. The molecule has 0 aliphatic carbocycles. The van der Waals surface area contributed by atoms with Crippen LogP contribution in [0.5, 0.6) is 0 Å². The summed E-state index contributed by atoms with van der Waals surface area (Å²) in [5.41, 5.74) is 4.12. The van der Waals surface area contributed by atoms with Crippen molar-refractivity contribution in [3.63, 3.8) is 0 Å². The van der Waals surface area contributed by atoms with Crippen LogP contribution in [0.1, 0.15) is 41.6 Å². The number of nitrogens with zero attached hydrogens (tertiary/aromatic N) is 4. The van der Waals surface area contributed by atoms with E-state index < -0.39 is 0 Å². The number of para-hydroxylation sites is 2. The average Bonchev–Trinajstić information content (AvgIpc) is 3.45. The predicted molar refractivity (Wildman–Crippen MR) is 115 cm³/mol. The third-order valence-electron chi connectivity index (χ3n) is 6.42. The summed E-state index contributed by atoms with van der Waals surface area (Å²) in [6.45, 7) is 4.91. The molecule has 5 rings (SSSR count). The van der Waals surface area contributed by atoms with E-state index in [1.807, 2.05) is 36.7 Å². The van der Waals surface area contributed by atoms with Gasteiger partial charge in [0, 0.05) is 31.2 Å². The minimum absolute atomic E-state index is 0.175. The number of imidazole rings is 1. The Labute approximate surface area is 171 Å². The van der Waals surface area contributed by atoms with Crippen molar-refractivity contribution in [3.8, 4) is 0 Å². The van der Waals surface area contributed by atoms with Gasteiger partial charge >= 0.3 is 0 Å². The number of aromatic nitrogens is 2. The molecule has 0 bridgehead atoms. The van der Waals surface area contributed by atoms with Crippen molar-refractivity contribution in [3.05, 3.63) is 66.0 Å². The molecule has 29 heavy (non-hydrogen) atoms. The van der Waals surface area contributed by atoms with Crippen LogP contribution in [-0.2, 0) is 6.54 Å². The third-order valence-corrected chi connectivity index (χ3v) is 6.42. The Kier molecular flexibility index (Phi) is 5.06. The maximum Gasteiger partial charge on any atom is 0.253 e. The largest absolute Gasteiger partial charge is 0.337 e. The Hall–Kier alpha value is -2.66. The van der Waals surface area contributed by atoms with Crippen LogP contribution in [0.3, 0.4) is 0 Å². The van der Waals surface area contributed by atoms with Crippen LogP contribution in [0.15, 0.2) is 54.9 Å². The van der Waals surface area contributed by atoms with E-state index in [0.717, 1.165) is 42.7 Å². The fraction of sp³-hybridized carbons (Fsp3) is 0.417. The molecule has 5 nitrogen and oxygen atoms in total. The SMILES string of the molecule is O=C(c1ccc(Cn2cnc3ccccc32)cc1)N1CCCC(N2CCCC2)C1. The first-order chi connectivity index (χ1) is 14.3. The summed E-state index contributed by atoms with van der Waals surface area (Å²) in [5, 5.41) is 0. The molecule has 0 spiro atoms. The highest BCUT2D eigenvalue weighted by Crippen LogP contribution is 2.22. The predicted octanol–water partition coefficient (Wildman–Crippen LogP) is 3.79. The zero-order valence-corrected chi connectivity index (χ0v) is 16.8. The molecule has 1 unspecified atom stereocenters. The van der Waals surface area contributed by atoms with Crippen LogP contribution in [0.4, 0.5) is 0 Å². The molecule has 1 atom stereocenters. The number of benzene rings is 2. The molecular formula is C24H28N4O. The van der Waals surface area contributed by atoms with Gasteiger partial charge in [0.15, 0.2) is 0 Å². The van der Waals surface area contributed by atoms with Crippen LogP contribution in [0.25, 0.3) is 11.0 Å². The Bertz CT molecular complexity index is 988. The van der Waals surface area contributed by atoms with E-state index in [2.05, 4.69) is 37.5 Å². The van der Waals surface area contributed by atoms with Crippen LogP contribution in [0, 0.1) is 0 Å². The number of likely N-dealkylation sites (tertiary alicyclic amines) is 2. The van der Waals surface area contributed by atoms with Gasteiger partial charge in [-0.3, -0.25) is 9.69 Å². The molecule has 5 heteroatoms. The Balaban J connectivity index is 1.26. The van der Waals surface area contributed by atoms with Crippen molar-refractivity contribution < 1.29 is 4.79 Å². The second-order valence-electron chi connectivity index (χ2n) is 8.35. The van der Waals surface area contributed by atoms with Gasteiger partial charge in [-0.25, -0.2) is 4.98 Å². The molecule has 2 fully saturated rings. The number of fused-ring (bicyclic) bond motifs is 1. The minimum atomic E-state index is 0.175. The summed E-state index contributed by atoms with van der Waals surface area (Å²) >= 11 is 0. The number of amides is 1. The van der Waals surface area contributed by atoms with Crippen LogP contribution in [-0.4, -0.2) is 57.5 Å². The molecule has 0 N–H and O–H groups in total. The summed E-state index contributed by atoms with van der Waals surface area (Å²) < 4.78 is 2.15. The van der Waals surface area contributed by atoms with Gasteiger partial charge in [-0.15, -0.1) is 0 Å². The zero-order valence-electron chi connectivity index (χ0n) is 16.8. The third kappa shape index (κ3) is 3.79.